The van der Waals surface area contributed by atoms with Crippen LogP contribution in [0, 0.1) is 0 Å². The second kappa shape index (κ2) is 6.01. The third-order valence-corrected chi connectivity index (χ3v) is 3.32. The number of nitrogens with two attached hydrogens (primary N) is 1. The number of hydrogen-bond acceptors (Lipinski definition) is 3. The van der Waals surface area contributed by atoms with Gasteiger partial charge in [-0.05, 0) is 37.0 Å². The molecule has 1 heterocycles. The van der Waals surface area contributed by atoms with Crippen LogP contribution >= 0.6 is 0 Å². The summed E-state index contributed by atoms with van der Waals surface area (Å²) in [5.41, 5.74) is 8.15. The first kappa shape index (κ1) is 13.1. The molecular formula is C15H21NO2. The van der Waals surface area contributed by atoms with E-state index in [2.05, 4.69) is 12.1 Å². The number of rotatable bonds is 6. The fourth-order valence-electron chi connectivity index (χ4n) is 2.19. The molecule has 1 aliphatic rings. The number of fused-ring (bicyclic) bond motifs is 1. The number of carbonyl (C=O) groups excluding carboxylic acids is 1. The molecule has 2 N–H and O–H groups in total. The van der Waals surface area contributed by atoms with Gasteiger partial charge in [0.25, 0.3) is 0 Å². The Morgan fingerprint density at radius 1 is 1.44 bits per heavy atom. The summed E-state index contributed by atoms with van der Waals surface area (Å²) in [6.45, 7) is 2.72. The van der Waals surface area contributed by atoms with E-state index in [1.165, 1.54) is 11.1 Å². The molecule has 0 spiro atoms. The lowest BCUT2D eigenvalue weighted by Gasteiger charge is -2.05. The highest BCUT2D eigenvalue weighted by molar-refractivity contribution is 5.78. The molecule has 1 aromatic carbocycles. The normalized spacial score (nSPS) is 15.0. The van der Waals surface area contributed by atoms with Gasteiger partial charge in [0, 0.05) is 25.3 Å². The highest BCUT2D eigenvalue weighted by Crippen LogP contribution is 2.26. The molecule has 0 saturated heterocycles. The Balaban J connectivity index is 1.81. The van der Waals surface area contributed by atoms with Gasteiger partial charge in [-0.1, -0.05) is 12.1 Å². The molecule has 1 aliphatic heterocycles. The third-order valence-electron chi connectivity index (χ3n) is 3.32. The Hall–Kier alpha value is -1.35. The summed E-state index contributed by atoms with van der Waals surface area (Å²) >= 11 is 0. The monoisotopic (exact) mass is 247 g/mol. The number of ketones is 1. The SMILES string of the molecule is CC(N)CCC(=O)CCc1ccc2c(c1)CCO2. The van der Waals surface area contributed by atoms with Gasteiger partial charge in [-0.25, -0.2) is 0 Å². The molecule has 0 amide bonds. The van der Waals surface area contributed by atoms with Gasteiger partial charge in [0.05, 0.1) is 6.61 Å². The summed E-state index contributed by atoms with van der Waals surface area (Å²) in [6, 6.07) is 6.36. The average Bonchev–Trinajstić information content (AvgIpc) is 2.81. The van der Waals surface area contributed by atoms with Crippen LogP contribution in [0.25, 0.3) is 0 Å². The minimum absolute atomic E-state index is 0.117. The molecule has 0 aromatic heterocycles. The lowest BCUT2D eigenvalue weighted by molar-refractivity contribution is -0.119. The number of ether oxygens (including phenoxy) is 1. The standard InChI is InChI=1S/C15H21NO2/c1-11(16)2-5-14(17)6-3-12-4-7-15-13(10-12)8-9-18-15/h4,7,10-11H,2-3,5-6,8-9,16H2,1H3. The number of benzene rings is 1. The molecule has 2 rings (SSSR count). The molecule has 0 radical (unpaired) electrons. The van der Waals surface area contributed by atoms with E-state index in [1.54, 1.807) is 0 Å². The van der Waals surface area contributed by atoms with Gasteiger partial charge in [0.2, 0.25) is 0 Å². The number of carbonyl (C=O) groups is 1. The summed E-state index contributed by atoms with van der Waals surface area (Å²) in [4.78, 5) is 11.7. The predicted molar refractivity (Wildman–Crippen MR) is 71.9 cm³/mol. The first-order valence-electron chi connectivity index (χ1n) is 6.67. The largest absolute Gasteiger partial charge is 0.493 e. The summed E-state index contributed by atoms with van der Waals surface area (Å²) in [6.07, 6.45) is 3.82. The van der Waals surface area contributed by atoms with Crippen LogP contribution in [0.15, 0.2) is 18.2 Å². The number of aryl methyl sites for hydroxylation is 1. The van der Waals surface area contributed by atoms with Crippen molar-refractivity contribution in [1.29, 1.82) is 0 Å². The van der Waals surface area contributed by atoms with Crippen LogP contribution < -0.4 is 10.5 Å². The molecule has 98 valence electrons. The lowest BCUT2D eigenvalue weighted by atomic mass is 10.0. The van der Waals surface area contributed by atoms with Crippen LogP contribution in [0.5, 0.6) is 5.75 Å². The van der Waals surface area contributed by atoms with Crippen LogP contribution in [0.4, 0.5) is 0 Å². The topological polar surface area (TPSA) is 52.3 Å². The van der Waals surface area contributed by atoms with Gasteiger partial charge in [-0.15, -0.1) is 0 Å². The molecule has 1 atom stereocenters. The van der Waals surface area contributed by atoms with Crippen molar-refractivity contribution in [2.45, 2.75) is 45.1 Å². The van der Waals surface area contributed by atoms with E-state index in [9.17, 15) is 4.79 Å². The first-order chi connectivity index (χ1) is 8.65. The maximum Gasteiger partial charge on any atom is 0.133 e. The van der Waals surface area contributed by atoms with E-state index in [4.69, 9.17) is 10.5 Å². The smallest absolute Gasteiger partial charge is 0.133 e. The van der Waals surface area contributed by atoms with Gasteiger partial charge in [-0.2, -0.15) is 0 Å². The molecule has 1 aromatic rings. The summed E-state index contributed by atoms with van der Waals surface area (Å²) in [5, 5.41) is 0. The van der Waals surface area contributed by atoms with Crippen molar-refractivity contribution in [2.24, 2.45) is 5.73 Å². The molecule has 0 saturated carbocycles. The van der Waals surface area contributed by atoms with E-state index in [0.29, 0.717) is 18.6 Å². The zero-order chi connectivity index (χ0) is 13.0. The Morgan fingerprint density at radius 2 is 2.28 bits per heavy atom. The minimum atomic E-state index is 0.117. The van der Waals surface area contributed by atoms with E-state index < -0.39 is 0 Å². The van der Waals surface area contributed by atoms with Crippen molar-refractivity contribution in [3.63, 3.8) is 0 Å². The molecular weight excluding hydrogens is 226 g/mol. The van der Waals surface area contributed by atoms with Crippen LogP contribution in [-0.2, 0) is 17.6 Å². The molecule has 18 heavy (non-hydrogen) atoms. The molecule has 0 fully saturated rings. The fourth-order valence-corrected chi connectivity index (χ4v) is 2.19. The molecule has 3 nitrogen and oxygen atoms in total. The quantitative estimate of drug-likeness (QED) is 0.838. The van der Waals surface area contributed by atoms with Crippen molar-refractivity contribution in [3.05, 3.63) is 29.3 Å². The first-order valence-corrected chi connectivity index (χ1v) is 6.67. The lowest BCUT2D eigenvalue weighted by Crippen LogP contribution is -2.16. The maximum absolute atomic E-state index is 11.7. The van der Waals surface area contributed by atoms with Crippen LogP contribution in [0.3, 0.4) is 0 Å². The summed E-state index contributed by atoms with van der Waals surface area (Å²) < 4.78 is 5.46. The van der Waals surface area contributed by atoms with Crippen molar-refractivity contribution >= 4 is 5.78 Å². The van der Waals surface area contributed by atoms with Crippen molar-refractivity contribution in [1.82, 2.24) is 0 Å². The van der Waals surface area contributed by atoms with Gasteiger partial charge >= 0.3 is 0 Å². The fraction of sp³-hybridized carbons (Fsp3) is 0.533. The molecule has 1 unspecified atom stereocenters. The highest BCUT2D eigenvalue weighted by Gasteiger charge is 2.12. The molecule has 0 aliphatic carbocycles. The van der Waals surface area contributed by atoms with Crippen molar-refractivity contribution in [3.8, 4) is 5.75 Å². The van der Waals surface area contributed by atoms with E-state index >= 15 is 0 Å². The van der Waals surface area contributed by atoms with E-state index in [1.807, 2.05) is 13.0 Å². The summed E-state index contributed by atoms with van der Waals surface area (Å²) in [7, 11) is 0. The van der Waals surface area contributed by atoms with E-state index in [0.717, 1.165) is 31.6 Å². The zero-order valence-electron chi connectivity index (χ0n) is 10.9. The van der Waals surface area contributed by atoms with Gasteiger partial charge < -0.3 is 10.5 Å². The average molecular weight is 247 g/mol. The highest BCUT2D eigenvalue weighted by atomic mass is 16.5. The second-order valence-electron chi connectivity index (χ2n) is 5.10. The molecule has 0 bridgehead atoms. The predicted octanol–water partition coefficient (Wildman–Crippen LogP) is 2.25. The zero-order valence-corrected chi connectivity index (χ0v) is 10.9. The molecule has 3 heteroatoms. The minimum Gasteiger partial charge on any atom is -0.493 e. The maximum atomic E-state index is 11.7. The van der Waals surface area contributed by atoms with Crippen LogP contribution in [0.2, 0.25) is 0 Å². The second-order valence-corrected chi connectivity index (χ2v) is 5.10. The Morgan fingerprint density at radius 3 is 3.06 bits per heavy atom. The van der Waals surface area contributed by atoms with Crippen molar-refractivity contribution in [2.75, 3.05) is 6.61 Å². The van der Waals surface area contributed by atoms with Gasteiger partial charge in [0.1, 0.15) is 11.5 Å². The van der Waals surface area contributed by atoms with Crippen LogP contribution in [0.1, 0.15) is 37.3 Å². The Kier molecular flexibility index (Phi) is 4.37. The summed E-state index contributed by atoms with van der Waals surface area (Å²) in [5.74, 6) is 1.31. The van der Waals surface area contributed by atoms with Crippen molar-refractivity contribution < 1.29 is 9.53 Å². The third kappa shape index (κ3) is 3.57. The number of hydrogen-bond donors (Lipinski definition) is 1. The number of Topliss-reactive ketones (excluding diaryl/α,β-unsaturated/α-hetero) is 1. The van der Waals surface area contributed by atoms with Gasteiger partial charge in [-0.3, -0.25) is 4.79 Å². The van der Waals surface area contributed by atoms with E-state index in [-0.39, 0.29) is 6.04 Å². The Bertz CT molecular complexity index is 427. The van der Waals surface area contributed by atoms with Gasteiger partial charge in [0.15, 0.2) is 0 Å². The van der Waals surface area contributed by atoms with Crippen LogP contribution in [-0.4, -0.2) is 18.4 Å². The Labute approximate surface area is 108 Å².